The summed E-state index contributed by atoms with van der Waals surface area (Å²) in [6.45, 7) is 1.85. The van der Waals surface area contributed by atoms with Crippen molar-refractivity contribution in [3.05, 3.63) is 34.7 Å². The number of hydrazine groups is 1. The van der Waals surface area contributed by atoms with Crippen LogP contribution in [0.25, 0.3) is 0 Å². The van der Waals surface area contributed by atoms with Crippen LogP contribution < -0.4 is 16.0 Å². The summed E-state index contributed by atoms with van der Waals surface area (Å²) < 4.78 is 6.27. The maximum absolute atomic E-state index is 5.63. The quantitative estimate of drug-likeness (QED) is 0.665. The van der Waals surface area contributed by atoms with E-state index in [9.17, 15) is 0 Å². The van der Waals surface area contributed by atoms with Gasteiger partial charge in [0.15, 0.2) is 5.75 Å². The molecule has 0 unspecified atom stereocenters. The van der Waals surface area contributed by atoms with Crippen LogP contribution in [-0.2, 0) is 0 Å². The molecule has 0 atom stereocenters. The van der Waals surface area contributed by atoms with Crippen molar-refractivity contribution in [2.24, 2.45) is 5.84 Å². The second kappa shape index (κ2) is 5.07. The first-order chi connectivity index (χ1) is 8.20. The van der Waals surface area contributed by atoms with Crippen LogP contribution in [0.3, 0.4) is 0 Å². The van der Waals surface area contributed by atoms with Crippen molar-refractivity contribution in [1.29, 1.82) is 0 Å². The molecule has 0 saturated carbocycles. The molecule has 0 radical (unpaired) electrons. The molecule has 2 aromatic heterocycles. The highest BCUT2D eigenvalue weighted by atomic mass is 79.9. The highest BCUT2D eigenvalue weighted by Crippen LogP contribution is 2.28. The van der Waals surface area contributed by atoms with Crippen molar-refractivity contribution >= 4 is 21.9 Å². The van der Waals surface area contributed by atoms with Gasteiger partial charge in [0.1, 0.15) is 0 Å². The van der Waals surface area contributed by atoms with E-state index in [4.69, 9.17) is 10.6 Å². The fourth-order valence-electron chi connectivity index (χ4n) is 1.17. The lowest BCUT2D eigenvalue weighted by Gasteiger charge is -2.08. The third kappa shape index (κ3) is 2.69. The van der Waals surface area contributed by atoms with E-state index >= 15 is 0 Å². The van der Waals surface area contributed by atoms with Gasteiger partial charge in [-0.1, -0.05) is 0 Å². The Kier molecular flexibility index (Phi) is 3.50. The lowest BCUT2D eigenvalue weighted by atomic mass is 10.3. The van der Waals surface area contributed by atoms with E-state index in [2.05, 4.69) is 36.3 Å². The zero-order valence-corrected chi connectivity index (χ0v) is 10.6. The van der Waals surface area contributed by atoms with E-state index in [0.717, 1.165) is 5.69 Å². The summed E-state index contributed by atoms with van der Waals surface area (Å²) in [7, 11) is 0. The summed E-state index contributed by atoms with van der Waals surface area (Å²) in [5.74, 6) is 6.53. The van der Waals surface area contributed by atoms with Crippen LogP contribution in [-0.4, -0.2) is 15.0 Å². The predicted molar refractivity (Wildman–Crippen MR) is 66.6 cm³/mol. The third-order valence-corrected chi connectivity index (χ3v) is 2.55. The van der Waals surface area contributed by atoms with Crippen LogP contribution >= 0.6 is 15.9 Å². The maximum atomic E-state index is 5.63. The summed E-state index contributed by atoms with van der Waals surface area (Å²) in [4.78, 5) is 12.1. The number of halogens is 1. The number of nitrogens with zero attached hydrogens (tertiary/aromatic N) is 3. The van der Waals surface area contributed by atoms with Gasteiger partial charge in [-0.25, -0.2) is 10.8 Å². The number of aromatic nitrogens is 3. The van der Waals surface area contributed by atoms with Gasteiger partial charge in [0.2, 0.25) is 11.8 Å². The van der Waals surface area contributed by atoms with E-state index in [0.29, 0.717) is 16.1 Å². The summed E-state index contributed by atoms with van der Waals surface area (Å²) in [6.07, 6.45) is 3.26. The molecule has 0 spiro atoms. The Morgan fingerprint density at radius 2 is 2.24 bits per heavy atom. The smallest absolute Gasteiger partial charge is 0.240 e. The van der Waals surface area contributed by atoms with Gasteiger partial charge in [0.05, 0.1) is 16.4 Å². The Morgan fingerprint density at radius 1 is 1.41 bits per heavy atom. The molecule has 3 N–H and O–H groups in total. The Balaban J connectivity index is 2.32. The van der Waals surface area contributed by atoms with Gasteiger partial charge in [0, 0.05) is 6.20 Å². The van der Waals surface area contributed by atoms with E-state index in [-0.39, 0.29) is 5.95 Å². The molecule has 0 amide bonds. The molecule has 2 heterocycles. The van der Waals surface area contributed by atoms with Crippen LogP contribution in [0.2, 0.25) is 0 Å². The Hall–Kier alpha value is -1.73. The summed E-state index contributed by atoms with van der Waals surface area (Å²) in [5.41, 5.74) is 3.13. The van der Waals surface area contributed by atoms with E-state index in [1.54, 1.807) is 18.5 Å². The zero-order chi connectivity index (χ0) is 12.3. The van der Waals surface area contributed by atoms with E-state index in [1.807, 2.05) is 13.0 Å². The number of hydrogen-bond acceptors (Lipinski definition) is 6. The van der Waals surface area contributed by atoms with Crippen molar-refractivity contribution in [3.8, 4) is 11.6 Å². The molecular weight excluding hydrogens is 286 g/mol. The van der Waals surface area contributed by atoms with Gasteiger partial charge in [-0.2, -0.15) is 4.98 Å². The molecule has 17 heavy (non-hydrogen) atoms. The summed E-state index contributed by atoms with van der Waals surface area (Å²) in [6, 6.07) is 3.60. The molecule has 0 aliphatic carbocycles. The number of nitrogens with two attached hydrogens (primary N) is 1. The predicted octanol–water partition coefficient (Wildman–Crippen LogP) is 2.02. The average molecular weight is 296 g/mol. The van der Waals surface area contributed by atoms with Crippen molar-refractivity contribution < 1.29 is 4.74 Å². The minimum atomic E-state index is 0.282. The monoisotopic (exact) mass is 295 g/mol. The van der Waals surface area contributed by atoms with Crippen LogP contribution in [0, 0.1) is 6.92 Å². The molecule has 7 heteroatoms. The molecule has 6 nitrogen and oxygen atoms in total. The Morgan fingerprint density at radius 3 is 2.94 bits per heavy atom. The fraction of sp³-hybridized carbons (Fsp3) is 0.100. The van der Waals surface area contributed by atoms with Gasteiger partial charge < -0.3 is 4.74 Å². The van der Waals surface area contributed by atoms with Crippen molar-refractivity contribution in [2.45, 2.75) is 6.92 Å². The first-order valence-electron chi connectivity index (χ1n) is 4.79. The Labute approximate surface area is 106 Å². The van der Waals surface area contributed by atoms with Crippen LogP contribution in [0.4, 0.5) is 5.95 Å². The third-order valence-electron chi connectivity index (χ3n) is 2.01. The number of anilines is 1. The first kappa shape index (κ1) is 11.7. The van der Waals surface area contributed by atoms with Crippen LogP contribution in [0.5, 0.6) is 11.6 Å². The SMILES string of the molecule is Cc1ncccc1Oc1nc(NN)ncc1Br. The lowest BCUT2D eigenvalue weighted by Crippen LogP contribution is -2.10. The summed E-state index contributed by atoms with van der Waals surface area (Å²) >= 11 is 3.30. The zero-order valence-electron chi connectivity index (χ0n) is 9.01. The van der Waals surface area contributed by atoms with Crippen molar-refractivity contribution in [2.75, 3.05) is 5.43 Å². The van der Waals surface area contributed by atoms with Crippen LogP contribution in [0.1, 0.15) is 5.69 Å². The van der Waals surface area contributed by atoms with Crippen LogP contribution in [0.15, 0.2) is 29.0 Å². The number of pyridine rings is 1. The van der Waals surface area contributed by atoms with E-state index in [1.165, 1.54) is 0 Å². The van der Waals surface area contributed by atoms with Crippen molar-refractivity contribution in [3.63, 3.8) is 0 Å². The van der Waals surface area contributed by atoms with Gasteiger partial charge in [-0.05, 0) is 35.0 Å². The number of nitrogen functional groups attached to an aromatic ring is 1. The topological polar surface area (TPSA) is 86.0 Å². The number of ether oxygens (including phenoxy) is 1. The number of rotatable bonds is 3. The van der Waals surface area contributed by atoms with Gasteiger partial charge >= 0.3 is 0 Å². The highest BCUT2D eigenvalue weighted by Gasteiger charge is 2.08. The van der Waals surface area contributed by atoms with Gasteiger partial charge in [0.25, 0.3) is 0 Å². The number of nitrogens with one attached hydrogen (secondary N) is 1. The molecule has 0 saturated heterocycles. The Bertz CT molecular complexity index is 534. The lowest BCUT2D eigenvalue weighted by molar-refractivity contribution is 0.452. The molecular formula is C10H10BrN5O. The largest absolute Gasteiger partial charge is 0.436 e. The maximum Gasteiger partial charge on any atom is 0.240 e. The summed E-state index contributed by atoms with van der Waals surface area (Å²) in [5, 5.41) is 0. The second-order valence-corrected chi connectivity index (χ2v) is 4.03. The fourth-order valence-corrected chi connectivity index (χ4v) is 1.45. The molecule has 88 valence electrons. The standard InChI is InChI=1S/C10H10BrN5O/c1-6-8(3-2-4-13-6)17-9-7(11)5-14-10(15-9)16-12/h2-5H,12H2,1H3,(H,14,15,16). The minimum Gasteiger partial charge on any atom is -0.436 e. The number of hydrogen-bond donors (Lipinski definition) is 2. The molecule has 0 aliphatic rings. The van der Waals surface area contributed by atoms with Crippen molar-refractivity contribution in [1.82, 2.24) is 15.0 Å². The molecule has 0 aromatic carbocycles. The molecule has 0 bridgehead atoms. The molecule has 0 fully saturated rings. The first-order valence-corrected chi connectivity index (χ1v) is 5.58. The molecule has 2 rings (SSSR count). The highest BCUT2D eigenvalue weighted by molar-refractivity contribution is 9.10. The average Bonchev–Trinajstić information content (AvgIpc) is 2.35. The van der Waals surface area contributed by atoms with Gasteiger partial charge in [-0.3, -0.25) is 10.4 Å². The van der Waals surface area contributed by atoms with E-state index < -0.39 is 0 Å². The minimum absolute atomic E-state index is 0.282. The normalized spacial score (nSPS) is 10.1. The second-order valence-electron chi connectivity index (χ2n) is 3.18. The van der Waals surface area contributed by atoms with Gasteiger partial charge in [-0.15, -0.1) is 0 Å². The molecule has 2 aromatic rings. The molecule has 0 aliphatic heterocycles. The number of aryl methyl sites for hydroxylation is 1.